The zero-order chi connectivity index (χ0) is 53.4. The fourth-order valence-corrected chi connectivity index (χ4v) is 9.37. The van der Waals surface area contributed by atoms with Gasteiger partial charge < -0.3 is 64.1 Å². The van der Waals surface area contributed by atoms with Crippen LogP contribution in [0, 0.1) is 40.5 Å². The number of amides is 1. The Hall–Kier alpha value is -6.55. The zero-order valence-corrected chi connectivity index (χ0v) is 45.1. The predicted molar refractivity (Wildman–Crippen MR) is 289 cm³/mol. The normalized spacial score (nSPS) is 15.9. The van der Waals surface area contributed by atoms with Crippen LogP contribution in [0.5, 0.6) is 11.5 Å². The van der Waals surface area contributed by atoms with Crippen LogP contribution in [0.2, 0.25) is 0 Å². The van der Waals surface area contributed by atoms with Gasteiger partial charge in [0.25, 0.3) is 0 Å². The van der Waals surface area contributed by atoms with Crippen LogP contribution >= 0.6 is 0 Å². The molecule has 2 unspecified atom stereocenters. The Morgan fingerprint density at radius 2 is 1.25 bits per heavy atom. The summed E-state index contributed by atoms with van der Waals surface area (Å²) in [6.45, 7) is 22.5. The summed E-state index contributed by atoms with van der Waals surface area (Å²) < 4.78 is 28.0. The lowest BCUT2D eigenvalue weighted by atomic mass is 9.98. The molecule has 3 aliphatic rings. The Morgan fingerprint density at radius 3 is 1.79 bits per heavy atom. The van der Waals surface area contributed by atoms with Crippen LogP contribution in [0.1, 0.15) is 55.2 Å². The molecule has 9 rings (SSSR count). The summed E-state index contributed by atoms with van der Waals surface area (Å²) in [5.41, 5.74) is 7.47. The van der Waals surface area contributed by atoms with Gasteiger partial charge in [-0.1, -0.05) is 48.4 Å². The van der Waals surface area contributed by atoms with Gasteiger partial charge in [0.2, 0.25) is 5.91 Å². The van der Waals surface area contributed by atoms with Crippen molar-refractivity contribution in [1.29, 1.82) is 0 Å². The van der Waals surface area contributed by atoms with Crippen LogP contribution in [0.3, 0.4) is 0 Å². The number of aliphatic hydroxyl groups excluding tert-OH is 2. The van der Waals surface area contributed by atoms with Crippen molar-refractivity contribution in [1.82, 2.24) is 51.1 Å². The Morgan fingerprint density at radius 1 is 0.707 bits per heavy atom. The zero-order valence-electron chi connectivity index (χ0n) is 45.1. The number of hydrogen-bond donors (Lipinski definition) is 5. The molecule has 1 amide bonds. The highest BCUT2D eigenvalue weighted by Crippen LogP contribution is 2.36. The largest absolute Gasteiger partial charge is 0.491 e. The molecular weight excluding hydrogens is 957 g/mol. The summed E-state index contributed by atoms with van der Waals surface area (Å²) in [6.07, 6.45) is 0.396. The van der Waals surface area contributed by atoms with Gasteiger partial charge in [-0.05, 0) is 85.8 Å². The van der Waals surface area contributed by atoms with Crippen LogP contribution in [-0.2, 0) is 9.53 Å². The molecular formula is C55H76N12O8. The van der Waals surface area contributed by atoms with Crippen molar-refractivity contribution >= 4 is 17.5 Å². The third-order valence-electron chi connectivity index (χ3n) is 13.2. The summed E-state index contributed by atoms with van der Waals surface area (Å²) in [5, 5.41) is 37.5. The predicted octanol–water partition coefficient (Wildman–Crippen LogP) is 5.57. The van der Waals surface area contributed by atoms with Crippen molar-refractivity contribution in [3.8, 4) is 56.8 Å². The number of benzene rings is 2. The lowest BCUT2D eigenvalue weighted by Crippen LogP contribution is -2.51. The number of nitrogens with zero attached hydrogens (tertiary/aromatic N) is 9. The molecule has 5 N–H and O–H groups in total. The summed E-state index contributed by atoms with van der Waals surface area (Å²) >= 11 is 0. The molecule has 7 heterocycles. The van der Waals surface area contributed by atoms with Crippen molar-refractivity contribution in [3.05, 3.63) is 83.1 Å². The van der Waals surface area contributed by atoms with Crippen molar-refractivity contribution in [2.24, 2.45) is 5.92 Å². The third-order valence-corrected chi connectivity index (χ3v) is 13.2. The van der Waals surface area contributed by atoms with E-state index in [-0.39, 0.29) is 25.0 Å². The van der Waals surface area contributed by atoms with E-state index < -0.39 is 12.2 Å². The highest BCUT2D eigenvalue weighted by molar-refractivity contribution is 5.80. The number of aliphatic hydroxyl groups is 2. The van der Waals surface area contributed by atoms with Crippen LogP contribution in [0.25, 0.3) is 45.3 Å². The molecule has 0 bridgehead atoms. The van der Waals surface area contributed by atoms with E-state index in [1.54, 1.807) is 14.1 Å². The molecule has 3 saturated heterocycles. The molecule has 20 nitrogen and oxygen atoms in total. The second-order valence-electron chi connectivity index (χ2n) is 18.7. The molecule has 0 aliphatic carbocycles. The minimum absolute atomic E-state index is 0.0580. The number of anilines is 2. The van der Waals surface area contributed by atoms with E-state index in [2.05, 4.69) is 36.1 Å². The minimum Gasteiger partial charge on any atom is -0.491 e. The maximum atomic E-state index is 13.1. The number of ether oxygens (including phenoxy) is 3. The molecule has 2 aromatic carbocycles. The topological polar surface area (TPSA) is 235 Å². The first kappa shape index (κ1) is 56.2. The minimum atomic E-state index is -0.617. The molecule has 6 aromatic rings. The lowest BCUT2D eigenvalue weighted by molar-refractivity contribution is -0.138. The van der Waals surface area contributed by atoms with Crippen LogP contribution in [0.15, 0.2) is 63.6 Å². The SMILES string of the molecule is CC.CNCC(O)COc1cccc(-c2nc(-c3c(C)noc3C)c(C)c(N3CCN(C(=O)C4CCOCC4)CC3)n2)c1.CNCC(O)COc1cccc(-c2nc(-c3c(C)noc3C)cc(N3CCNCC3)n2)c1. The molecule has 0 radical (unpaired) electrons. The molecule has 3 fully saturated rings. The van der Waals surface area contributed by atoms with Gasteiger partial charge in [0.1, 0.15) is 60.1 Å². The van der Waals surface area contributed by atoms with E-state index in [0.29, 0.717) is 81.4 Å². The Kier molecular flexibility index (Phi) is 20.5. The maximum Gasteiger partial charge on any atom is 0.225 e. The van der Waals surface area contributed by atoms with Gasteiger partial charge in [-0.2, -0.15) is 0 Å². The van der Waals surface area contributed by atoms with Crippen molar-refractivity contribution in [2.75, 3.05) is 116 Å². The highest BCUT2D eigenvalue weighted by Gasteiger charge is 2.31. The standard InChI is InChI=1S/C30H40N6O5.C23H30N6O3.C2H6/c1-19-27(26-20(2)34-41-21(26)3)32-28(23-6-5-7-25(16-23)40-18-24(37)17-31-4)33-29(19)35-10-12-36(13-11-35)30(38)22-8-14-39-15-9-22;1-15-22(16(2)32-28-15)20-12-21(29-9-7-25-8-10-29)27-23(26-20)17-5-4-6-19(11-17)31-14-18(30)13-24-3;1-2/h5-7,16,22,24,31,37H,8-15,17-18H2,1-4H3;4-6,11-12,18,24-25,30H,7-10,13-14H2,1-3H3;1-2H3. The van der Waals surface area contributed by atoms with Crippen molar-refractivity contribution in [3.63, 3.8) is 0 Å². The molecule has 20 heteroatoms. The fraction of sp³-hybridized carbons (Fsp3) is 0.509. The monoisotopic (exact) mass is 1030 g/mol. The second kappa shape index (κ2) is 27.3. The number of hydrogen-bond acceptors (Lipinski definition) is 19. The number of rotatable bonds is 17. The highest BCUT2D eigenvalue weighted by atomic mass is 16.5. The van der Waals surface area contributed by atoms with E-state index in [4.69, 9.17) is 43.2 Å². The summed E-state index contributed by atoms with van der Waals surface area (Å²) in [6, 6.07) is 17.2. The molecule has 75 heavy (non-hydrogen) atoms. The summed E-state index contributed by atoms with van der Waals surface area (Å²) in [4.78, 5) is 39.4. The summed E-state index contributed by atoms with van der Waals surface area (Å²) in [7, 11) is 3.58. The number of carbonyl (C=O) groups is 1. The number of nitrogens with one attached hydrogen (secondary N) is 3. The van der Waals surface area contributed by atoms with E-state index in [1.165, 1.54) is 0 Å². The average Bonchev–Trinajstić information content (AvgIpc) is 3.98. The number of carbonyl (C=O) groups excluding carboxylic acids is 1. The molecule has 4 aromatic heterocycles. The first-order valence-corrected chi connectivity index (χ1v) is 26.2. The molecule has 3 aliphatic heterocycles. The lowest BCUT2D eigenvalue weighted by Gasteiger charge is -2.38. The van der Waals surface area contributed by atoms with Gasteiger partial charge in [-0.3, -0.25) is 4.79 Å². The van der Waals surface area contributed by atoms with Crippen molar-refractivity contribution < 1.29 is 38.3 Å². The average molecular weight is 1030 g/mol. The molecule has 404 valence electrons. The smallest absolute Gasteiger partial charge is 0.225 e. The quantitative estimate of drug-likeness (QED) is 0.0751. The first-order chi connectivity index (χ1) is 36.4. The van der Waals surface area contributed by atoms with Gasteiger partial charge in [0.15, 0.2) is 11.6 Å². The van der Waals surface area contributed by atoms with Gasteiger partial charge in [-0.25, -0.2) is 19.9 Å². The van der Waals surface area contributed by atoms with Crippen LogP contribution in [0.4, 0.5) is 11.6 Å². The van der Waals surface area contributed by atoms with Crippen LogP contribution < -0.4 is 35.2 Å². The van der Waals surface area contributed by atoms with Gasteiger partial charge in [0.05, 0.1) is 33.9 Å². The fourth-order valence-electron chi connectivity index (χ4n) is 9.37. The van der Waals surface area contributed by atoms with Crippen molar-refractivity contribution in [2.45, 2.75) is 73.5 Å². The Balaban J connectivity index is 0.000000218. The molecule has 2 atom stereocenters. The number of piperazine rings is 2. The number of aromatic nitrogens is 6. The maximum absolute atomic E-state index is 13.1. The van der Waals surface area contributed by atoms with Gasteiger partial charge in [0, 0.05) is 107 Å². The number of aryl methyl sites for hydroxylation is 4. The van der Waals surface area contributed by atoms with E-state index in [0.717, 1.165) is 107 Å². The molecule has 0 saturated carbocycles. The summed E-state index contributed by atoms with van der Waals surface area (Å²) in [5.74, 6) is 5.89. The Bertz CT molecular complexity index is 2730. The van der Waals surface area contributed by atoms with Gasteiger partial charge in [-0.15, -0.1) is 0 Å². The van der Waals surface area contributed by atoms with E-state index in [9.17, 15) is 15.0 Å². The van der Waals surface area contributed by atoms with Gasteiger partial charge >= 0.3 is 0 Å². The van der Waals surface area contributed by atoms with E-state index >= 15 is 0 Å². The van der Waals surface area contributed by atoms with E-state index in [1.807, 2.05) is 108 Å². The first-order valence-electron chi connectivity index (χ1n) is 26.2. The third kappa shape index (κ3) is 14.4. The Labute approximate surface area is 440 Å². The molecule has 0 spiro atoms. The van der Waals surface area contributed by atoms with Crippen LogP contribution in [-0.4, -0.2) is 169 Å². The second-order valence-corrected chi connectivity index (χ2v) is 18.7. The number of likely N-dealkylation sites (N-methyl/N-ethyl adjacent to an activating group) is 2.